The topological polar surface area (TPSA) is 76.5 Å². The van der Waals surface area contributed by atoms with E-state index in [1.54, 1.807) is 30.9 Å². The van der Waals surface area contributed by atoms with Gasteiger partial charge in [0.1, 0.15) is 11.6 Å². The molecule has 20 heavy (non-hydrogen) atoms. The van der Waals surface area contributed by atoms with Crippen LogP contribution in [0.5, 0.6) is 0 Å². The molecular weight excluding hydrogens is 252 g/mol. The minimum atomic E-state index is 0.503. The fourth-order valence-electron chi connectivity index (χ4n) is 1.77. The second kappa shape index (κ2) is 5.40. The lowest BCUT2D eigenvalue weighted by Crippen LogP contribution is -2.01. The first kappa shape index (κ1) is 12.2. The van der Waals surface area contributed by atoms with E-state index >= 15 is 0 Å². The van der Waals surface area contributed by atoms with E-state index in [2.05, 4.69) is 30.2 Å². The smallest absolute Gasteiger partial charge is 0.228 e. The summed E-state index contributed by atoms with van der Waals surface area (Å²) < 4.78 is 0. The van der Waals surface area contributed by atoms with Crippen LogP contribution in [0.4, 0.5) is 11.8 Å². The van der Waals surface area contributed by atoms with Crippen molar-refractivity contribution < 1.29 is 0 Å². The van der Waals surface area contributed by atoms with E-state index in [-0.39, 0.29) is 0 Å². The van der Waals surface area contributed by atoms with Crippen LogP contribution in [0.25, 0.3) is 11.3 Å². The van der Waals surface area contributed by atoms with Crippen LogP contribution in [0.2, 0.25) is 0 Å². The molecule has 0 aliphatic carbocycles. The standard InChI is InChI=1S/C14H12N6/c1-10-18-12(11-4-2-5-15-9-11)8-13(19-10)20-14-16-6-3-7-17-14/h2-9H,1H3,(H,16,17,18,19,20). The van der Waals surface area contributed by atoms with Crippen molar-refractivity contribution in [3.8, 4) is 11.3 Å². The lowest BCUT2D eigenvalue weighted by atomic mass is 10.2. The summed E-state index contributed by atoms with van der Waals surface area (Å²) >= 11 is 0. The molecule has 3 rings (SSSR count). The first-order chi connectivity index (χ1) is 9.81. The number of hydrogen-bond acceptors (Lipinski definition) is 6. The number of nitrogens with one attached hydrogen (secondary N) is 1. The van der Waals surface area contributed by atoms with Crippen molar-refractivity contribution in [2.24, 2.45) is 0 Å². The zero-order valence-corrected chi connectivity index (χ0v) is 10.9. The summed E-state index contributed by atoms with van der Waals surface area (Å²) in [5.74, 6) is 1.83. The Labute approximate surface area is 116 Å². The Balaban J connectivity index is 1.95. The fraction of sp³-hybridized carbons (Fsp3) is 0.0714. The second-order valence-electron chi connectivity index (χ2n) is 4.12. The average Bonchev–Trinajstić information content (AvgIpc) is 2.49. The molecule has 3 aromatic heterocycles. The van der Waals surface area contributed by atoms with Gasteiger partial charge in [0.25, 0.3) is 0 Å². The third-order valence-corrected chi connectivity index (χ3v) is 2.60. The van der Waals surface area contributed by atoms with Gasteiger partial charge >= 0.3 is 0 Å². The van der Waals surface area contributed by atoms with Crippen molar-refractivity contribution in [3.63, 3.8) is 0 Å². The molecule has 0 bridgehead atoms. The van der Waals surface area contributed by atoms with E-state index in [0.717, 1.165) is 11.3 Å². The maximum atomic E-state index is 4.41. The van der Waals surface area contributed by atoms with Crippen LogP contribution < -0.4 is 5.32 Å². The van der Waals surface area contributed by atoms with E-state index in [9.17, 15) is 0 Å². The van der Waals surface area contributed by atoms with Gasteiger partial charge in [-0.2, -0.15) is 0 Å². The number of anilines is 2. The predicted molar refractivity (Wildman–Crippen MR) is 75.3 cm³/mol. The molecule has 3 heterocycles. The third-order valence-electron chi connectivity index (χ3n) is 2.60. The van der Waals surface area contributed by atoms with Crippen molar-refractivity contribution in [2.45, 2.75) is 6.92 Å². The molecule has 6 heteroatoms. The number of rotatable bonds is 3. The van der Waals surface area contributed by atoms with Crippen LogP contribution in [0.1, 0.15) is 5.82 Å². The molecule has 0 amide bonds. The van der Waals surface area contributed by atoms with Gasteiger partial charge in [-0.15, -0.1) is 0 Å². The van der Waals surface area contributed by atoms with Gasteiger partial charge < -0.3 is 5.32 Å². The van der Waals surface area contributed by atoms with E-state index in [4.69, 9.17) is 0 Å². The van der Waals surface area contributed by atoms with Gasteiger partial charge in [0.2, 0.25) is 5.95 Å². The molecular formula is C14H12N6. The van der Waals surface area contributed by atoms with Gasteiger partial charge in [0.05, 0.1) is 5.69 Å². The highest BCUT2D eigenvalue weighted by Gasteiger charge is 2.05. The van der Waals surface area contributed by atoms with Crippen molar-refractivity contribution in [1.29, 1.82) is 0 Å². The molecule has 6 nitrogen and oxygen atoms in total. The van der Waals surface area contributed by atoms with Crippen LogP contribution in [0.3, 0.4) is 0 Å². The van der Waals surface area contributed by atoms with Gasteiger partial charge in [-0.05, 0) is 25.1 Å². The van der Waals surface area contributed by atoms with Crippen molar-refractivity contribution in [2.75, 3.05) is 5.32 Å². The molecule has 0 aliphatic heterocycles. The van der Waals surface area contributed by atoms with Crippen molar-refractivity contribution in [3.05, 3.63) is 54.9 Å². The Morgan fingerprint density at radius 1 is 1.00 bits per heavy atom. The number of pyridine rings is 1. The normalized spacial score (nSPS) is 10.2. The Morgan fingerprint density at radius 2 is 1.85 bits per heavy atom. The van der Waals surface area contributed by atoms with E-state index in [0.29, 0.717) is 17.6 Å². The number of nitrogens with zero attached hydrogens (tertiary/aromatic N) is 5. The zero-order valence-electron chi connectivity index (χ0n) is 10.9. The van der Waals surface area contributed by atoms with Crippen LogP contribution in [0, 0.1) is 6.92 Å². The van der Waals surface area contributed by atoms with Gasteiger partial charge in [-0.3, -0.25) is 4.98 Å². The number of aromatic nitrogens is 5. The summed E-state index contributed by atoms with van der Waals surface area (Å²) in [7, 11) is 0. The zero-order chi connectivity index (χ0) is 13.8. The average molecular weight is 264 g/mol. The highest BCUT2D eigenvalue weighted by molar-refractivity contribution is 5.63. The monoisotopic (exact) mass is 264 g/mol. The molecule has 98 valence electrons. The van der Waals surface area contributed by atoms with Gasteiger partial charge in [-0.25, -0.2) is 19.9 Å². The number of hydrogen-bond donors (Lipinski definition) is 1. The van der Waals surface area contributed by atoms with E-state index < -0.39 is 0 Å². The first-order valence-electron chi connectivity index (χ1n) is 6.11. The molecule has 0 fully saturated rings. The molecule has 0 radical (unpaired) electrons. The first-order valence-corrected chi connectivity index (χ1v) is 6.11. The van der Waals surface area contributed by atoms with E-state index in [1.807, 2.05) is 25.1 Å². The Kier molecular flexibility index (Phi) is 3.28. The summed E-state index contributed by atoms with van der Waals surface area (Å²) in [5.41, 5.74) is 1.75. The van der Waals surface area contributed by atoms with E-state index in [1.165, 1.54) is 0 Å². The van der Waals surface area contributed by atoms with Crippen molar-refractivity contribution in [1.82, 2.24) is 24.9 Å². The third kappa shape index (κ3) is 2.74. The van der Waals surface area contributed by atoms with Crippen LogP contribution in [-0.4, -0.2) is 24.9 Å². The molecule has 0 aliphatic rings. The lowest BCUT2D eigenvalue weighted by molar-refractivity contribution is 1.05. The van der Waals surface area contributed by atoms with Gasteiger partial charge in [-0.1, -0.05) is 0 Å². The largest absolute Gasteiger partial charge is 0.309 e. The minimum Gasteiger partial charge on any atom is -0.309 e. The highest BCUT2D eigenvalue weighted by atomic mass is 15.1. The lowest BCUT2D eigenvalue weighted by Gasteiger charge is -2.07. The van der Waals surface area contributed by atoms with Crippen LogP contribution >= 0.6 is 0 Å². The summed E-state index contributed by atoms with van der Waals surface area (Å²) in [6.07, 6.45) is 6.84. The SMILES string of the molecule is Cc1nc(Nc2ncccn2)cc(-c2cccnc2)n1. The summed E-state index contributed by atoms with van der Waals surface area (Å²) in [4.78, 5) is 21.1. The fourth-order valence-corrected chi connectivity index (χ4v) is 1.77. The Hall–Kier alpha value is -2.89. The predicted octanol–water partition coefficient (Wildman–Crippen LogP) is 2.38. The minimum absolute atomic E-state index is 0.503. The Morgan fingerprint density at radius 3 is 2.60 bits per heavy atom. The highest BCUT2D eigenvalue weighted by Crippen LogP contribution is 2.19. The Bertz CT molecular complexity index is 699. The second-order valence-corrected chi connectivity index (χ2v) is 4.12. The maximum absolute atomic E-state index is 4.41. The molecule has 0 atom stereocenters. The molecule has 0 saturated heterocycles. The van der Waals surface area contributed by atoms with Crippen LogP contribution in [-0.2, 0) is 0 Å². The summed E-state index contributed by atoms with van der Waals surface area (Å²) in [6, 6.07) is 7.44. The molecule has 3 aromatic rings. The summed E-state index contributed by atoms with van der Waals surface area (Å²) in [6.45, 7) is 1.84. The van der Waals surface area contributed by atoms with Crippen molar-refractivity contribution >= 4 is 11.8 Å². The van der Waals surface area contributed by atoms with Crippen LogP contribution in [0.15, 0.2) is 49.1 Å². The molecule has 0 aromatic carbocycles. The molecule has 0 saturated carbocycles. The summed E-state index contributed by atoms with van der Waals surface area (Å²) in [5, 5.41) is 3.06. The molecule has 0 unspecified atom stereocenters. The molecule has 0 spiro atoms. The quantitative estimate of drug-likeness (QED) is 0.782. The molecule has 1 N–H and O–H groups in total. The van der Waals surface area contributed by atoms with Gasteiger partial charge in [0.15, 0.2) is 0 Å². The number of aryl methyl sites for hydroxylation is 1. The maximum Gasteiger partial charge on any atom is 0.228 e. The van der Waals surface area contributed by atoms with Gasteiger partial charge in [0, 0.05) is 36.4 Å².